The van der Waals surface area contributed by atoms with E-state index in [9.17, 15) is 5.21 Å². The number of fused-ring (bicyclic) bond motifs is 1. The molecule has 0 amide bonds. The fourth-order valence-corrected chi connectivity index (χ4v) is 2.72. The number of ether oxygens (including phenoxy) is 2. The van der Waals surface area contributed by atoms with E-state index in [0.717, 1.165) is 28.5 Å². The number of rotatable bonds is 7. The third-order valence-corrected chi connectivity index (χ3v) is 3.78. The normalized spacial score (nSPS) is 10.8. The molecule has 4 heteroatoms. The second kappa shape index (κ2) is 7.16. The van der Waals surface area contributed by atoms with E-state index in [1.165, 1.54) is 26.4 Å². The van der Waals surface area contributed by atoms with Crippen LogP contribution < -0.4 is 14.2 Å². The third kappa shape index (κ3) is 3.04. The Morgan fingerprint density at radius 2 is 1.81 bits per heavy atom. The van der Waals surface area contributed by atoms with Crippen LogP contribution in [0.2, 0.25) is 0 Å². The van der Waals surface area contributed by atoms with Crippen molar-refractivity contribution in [2.45, 2.75) is 39.0 Å². The zero-order valence-electron chi connectivity index (χ0n) is 13.0. The third-order valence-electron chi connectivity index (χ3n) is 3.78. The van der Waals surface area contributed by atoms with Gasteiger partial charge in [-0.25, -0.2) is 0 Å². The van der Waals surface area contributed by atoms with E-state index in [1.54, 1.807) is 7.11 Å². The van der Waals surface area contributed by atoms with E-state index in [2.05, 4.69) is 6.92 Å². The number of methoxy groups -OCH3 is 2. The first kappa shape index (κ1) is 15.4. The van der Waals surface area contributed by atoms with E-state index >= 15 is 0 Å². The molecular formula is C17H23NO3. The van der Waals surface area contributed by atoms with Crippen molar-refractivity contribution in [3.63, 3.8) is 0 Å². The molecule has 0 saturated heterocycles. The van der Waals surface area contributed by atoms with E-state index in [4.69, 9.17) is 9.47 Å². The van der Waals surface area contributed by atoms with Crippen LogP contribution in [0.15, 0.2) is 24.3 Å². The zero-order chi connectivity index (χ0) is 15.2. The highest BCUT2D eigenvalue weighted by Crippen LogP contribution is 2.34. The minimum atomic E-state index is 0.238. The van der Waals surface area contributed by atoms with Gasteiger partial charge in [0, 0.05) is 11.6 Å². The Bertz CT molecular complexity index is 610. The van der Waals surface area contributed by atoms with Gasteiger partial charge in [0.1, 0.15) is 0 Å². The average Bonchev–Trinajstić information content (AvgIpc) is 2.52. The maximum atomic E-state index is 12.4. The van der Waals surface area contributed by atoms with Crippen LogP contribution in [0.3, 0.4) is 0 Å². The summed E-state index contributed by atoms with van der Waals surface area (Å²) in [6.07, 6.45) is 5.59. The maximum absolute atomic E-state index is 12.4. The van der Waals surface area contributed by atoms with Crippen LogP contribution in [-0.2, 0) is 6.42 Å². The van der Waals surface area contributed by atoms with E-state index in [0.29, 0.717) is 11.3 Å². The number of aryl methyl sites for hydroxylation is 1. The summed E-state index contributed by atoms with van der Waals surface area (Å²) in [4.78, 5) is 0. The molecule has 0 unspecified atom stereocenters. The number of hydrogen-bond donors (Lipinski definition) is 0. The lowest BCUT2D eigenvalue weighted by molar-refractivity contribution is -0.585. The van der Waals surface area contributed by atoms with Gasteiger partial charge in [0.2, 0.25) is 11.3 Å². The molecule has 0 N–H and O–H groups in total. The molecule has 2 aromatic rings. The summed E-state index contributed by atoms with van der Waals surface area (Å²) in [6, 6.07) is 7.61. The van der Waals surface area contributed by atoms with E-state index in [1.807, 2.05) is 24.3 Å². The van der Waals surface area contributed by atoms with Crippen LogP contribution in [-0.4, -0.2) is 14.2 Å². The Hall–Kier alpha value is -1.97. The van der Waals surface area contributed by atoms with Crippen molar-refractivity contribution in [3.8, 4) is 11.6 Å². The fraction of sp³-hybridized carbons (Fsp3) is 0.471. The van der Waals surface area contributed by atoms with Gasteiger partial charge < -0.3 is 14.7 Å². The first-order chi connectivity index (χ1) is 10.2. The van der Waals surface area contributed by atoms with Gasteiger partial charge in [0.05, 0.1) is 19.6 Å². The Morgan fingerprint density at radius 3 is 2.48 bits per heavy atom. The summed E-state index contributed by atoms with van der Waals surface area (Å²) in [7, 11) is 3.09. The minimum absolute atomic E-state index is 0.238. The molecule has 0 bridgehead atoms. The fourth-order valence-electron chi connectivity index (χ4n) is 2.72. The van der Waals surface area contributed by atoms with E-state index < -0.39 is 0 Å². The molecule has 1 aromatic heterocycles. The predicted molar refractivity (Wildman–Crippen MR) is 83.9 cm³/mol. The summed E-state index contributed by atoms with van der Waals surface area (Å²) in [6.45, 7) is 2.20. The first-order valence-electron chi connectivity index (χ1n) is 7.49. The van der Waals surface area contributed by atoms with Crippen molar-refractivity contribution in [2.75, 3.05) is 14.2 Å². The molecule has 2 rings (SSSR count). The van der Waals surface area contributed by atoms with Crippen LogP contribution in [0.25, 0.3) is 10.9 Å². The molecule has 0 saturated carbocycles. The molecule has 0 radical (unpaired) electrons. The number of para-hydroxylation sites is 1. The number of unbranched alkanes of at least 4 members (excludes halogenated alkanes) is 3. The predicted octanol–water partition coefficient (Wildman–Crippen LogP) is 3.61. The second-order valence-electron chi connectivity index (χ2n) is 5.14. The van der Waals surface area contributed by atoms with Gasteiger partial charge in [-0.2, -0.15) is 0 Å². The highest BCUT2D eigenvalue weighted by atomic mass is 16.6. The first-order valence-corrected chi connectivity index (χ1v) is 7.49. The summed E-state index contributed by atoms with van der Waals surface area (Å²) in [5.41, 5.74) is 1.69. The lowest BCUT2D eigenvalue weighted by Crippen LogP contribution is -2.30. The number of pyridine rings is 1. The van der Waals surface area contributed by atoms with Crippen molar-refractivity contribution in [3.05, 3.63) is 35.0 Å². The van der Waals surface area contributed by atoms with Gasteiger partial charge in [-0.3, -0.25) is 0 Å². The molecule has 21 heavy (non-hydrogen) atoms. The lowest BCUT2D eigenvalue weighted by Gasteiger charge is -2.15. The molecule has 114 valence electrons. The summed E-state index contributed by atoms with van der Waals surface area (Å²) >= 11 is 0. The number of hydrogen-bond acceptors (Lipinski definition) is 3. The minimum Gasteiger partial charge on any atom is -0.615 e. The summed E-state index contributed by atoms with van der Waals surface area (Å²) < 4.78 is 11.5. The molecule has 0 aliphatic carbocycles. The molecule has 0 aliphatic heterocycles. The standard InChI is InChI=1S/C17H23NO3/c1-4-5-6-7-11-14-13-10-8-9-12-15(13)18(19)17(21-3)16(14)20-2/h8-10,12H,4-7,11H2,1-3H3. The maximum Gasteiger partial charge on any atom is 0.423 e. The topological polar surface area (TPSA) is 45.4 Å². The van der Waals surface area contributed by atoms with Crippen LogP contribution in [0, 0.1) is 5.21 Å². The monoisotopic (exact) mass is 289 g/mol. The molecule has 1 aromatic carbocycles. The van der Waals surface area contributed by atoms with Crippen molar-refractivity contribution in [2.24, 2.45) is 0 Å². The van der Waals surface area contributed by atoms with Gasteiger partial charge >= 0.3 is 5.88 Å². The SMILES string of the molecule is CCCCCCc1c(OC)c(OC)[n+]([O-])c2ccccc12. The molecule has 0 aliphatic rings. The van der Waals surface area contributed by atoms with Crippen molar-refractivity contribution < 1.29 is 14.2 Å². The van der Waals surface area contributed by atoms with E-state index in [-0.39, 0.29) is 5.88 Å². The zero-order valence-corrected chi connectivity index (χ0v) is 13.0. The molecule has 0 atom stereocenters. The largest absolute Gasteiger partial charge is 0.615 e. The quantitative estimate of drug-likeness (QED) is 0.444. The highest BCUT2D eigenvalue weighted by Gasteiger charge is 2.24. The van der Waals surface area contributed by atoms with Gasteiger partial charge in [-0.15, -0.1) is 4.73 Å². The number of aromatic nitrogens is 1. The van der Waals surface area contributed by atoms with Gasteiger partial charge in [-0.1, -0.05) is 38.3 Å². The van der Waals surface area contributed by atoms with Crippen LogP contribution >= 0.6 is 0 Å². The number of nitrogens with zero attached hydrogens (tertiary/aromatic N) is 1. The summed E-state index contributed by atoms with van der Waals surface area (Å²) in [5.74, 6) is 0.796. The van der Waals surface area contributed by atoms with Crippen LogP contribution in [0.4, 0.5) is 0 Å². The molecule has 0 fully saturated rings. The molecule has 1 heterocycles. The average molecular weight is 289 g/mol. The van der Waals surface area contributed by atoms with Crippen molar-refractivity contribution >= 4 is 10.9 Å². The van der Waals surface area contributed by atoms with Crippen molar-refractivity contribution in [1.29, 1.82) is 0 Å². The molecule has 4 nitrogen and oxygen atoms in total. The van der Waals surface area contributed by atoms with Crippen LogP contribution in [0.5, 0.6) is 11.6 Å². The highest BCUT2D eigenvalue weighted by molar-refractivity contribution is 5.82. The van der Waals surface area contributed by atoms with Crippen LogP contribution in [0.1, 0.15) is 38.2 Å². The number of benzene rings is 1. The smallest absolute Gasteiger partial charge is 0.423 e. The van der Waals surface area contributed by atoms with Gasteiger partial charge in [-0.05, 0) is 18.9 Å². The summed E-state index contributed by atoms with van der Waals surface area (Å²) in [5, 5.41) is 13.3. The van der Waals surface area contributed by atoms with Gasteiger partial charge in [0.15, 0.2) is 0 Å². The van der Waals surface area contributed by atoms with Gasteiger partial charge in [0.25, 0.3) is 0 Å². The van der Waals surface area contributed by atoms with Crippen molar-refractivity contribution in [1.82, 2.24) is 0 Å². The second-order valence-corrected chi connectivity index (χ2v) is 5.14. The Kier molecular flexibility index (Phi) is 5.26. The Balaban J connectivity index is 2.51. The Morgan fingerprint density at radius 1 is 1.05 bits per heavy atom. The Labute approximate surface area is 125 Å². The molecule has 0 spiro atoms. The molecular weight excluding hydrogens is 266 g/mol. The lowest BCUT2D eigenvalue weighted by atomic mass is 10.0.